The van der Waals surface area contributed by atoms with E-state index in [-0.39, 0.29) is 18.7 Å². The maximum absolute atomic E-state index is 11.7. The molecule has 0 aromatic rings. The maximum Gasteiger partial charge on any atom is 0.332 e. The Balaban J connectivity index is 1.60. The summed E-state index contributed by atoms with van der Waals surface area (Å²) >= 11 is 0. The first-order valence-corrected chi connectivity index (χ1v) is 7.68. The number of carbonyl (C=O) groups excluding carboxylic acids is 1. The molecule has 0 radical (unpaired) electrons. The quantitative estimate of drug-likeness (QED) is 0.564. The summed E-state index contributed by atoms with van der Waals surface area (Å²) in [6.45, 7) is 2.89. The van der Waals surface area contributed by atoms with Crippen molar-refractivity contribution < 1.29 is 14.3 Å². The van der Waals surface area contributed by atoms with Gasteiger partial charge in [0.2, 0.25) is 0 Å². The minimum atomic E-state index is -0.202. The third-order valence-electron chi connectivity index (χ3n) is 4.37. The number of hydrogen-bond donors (Lipinski definition) is 0. The van der Waals surface area contributed by atoms with E-state index in [4.69, 9.17) is 9.47 Å². The Kier molecular flexibility index (Phi) is 5.90. The number of rotatable bonds is 5. The molecule has 0 aliphatic heterocycles. The summed E-state index contributed by atoms with van der Waals surface area (Å²) < 4.78 is 11.0. The molecule has 0 aromatic heterocycles. The van der Waals surface area contributed by atoms with Gasteiger partial charge in [-0.3, -0.25) is 0 Å². The van der Waals surface area contributed by atoms with Crippen LogP contribution in [0.1, 0.15) is 51.9 Å². The zero-order chi connectivity index (χ0) is 13.5. The van der Waals surface area contributed by atoms with Crippen LogP contribution in [0.5, 0.6) is 0 Å². The molecule has 1 fully saturated rings. The smallest absolute Gasteiger partial charge is 0.332 e. The Morgan fingerprint density at radius 1 is 1.16 bits per heavy atom. The van der Waals surface area contributed by atoms with Gasteiger partial charge in [-0.2, -0.15) is 0 Å². The zero-order valence-corrected chi connectivity index (χ0v) is 12.0. The van der Waals surface area contributed by atoms with Crippen LogP contribution in [0.4, 0.5) is 0 Å². The number of ether oxygens (including phenoxy) is 2. The number of hydrogen-bond acceptors (Lipinski definition) is 3. The molecule has 0 unspecified atom stereocenters. The highest BCUT2D eigenvalue weighted by Gasteiger charge is 2.21. The maximum atomic E-state index is 11.7. The van der Waals surface area contributed by atoms with Crippen LogP contribution in [0.3, 0.4) is 0 Å². The molecule has 19 heavy (non-hydrogen) atoms. The Bertz CT molecular complexity index is 305. The van der Waals surface area contributed by atoms with Crippen LogP contribution in [0, 0.1) is 11.8 Å². The predicted octanol–water partition coefficient (Wildman–Crippen LogP) is 3.48. The molecule has 0 aromatic carbocycles. The number of allylic oxidation sites excluding steroid dienone is 2. The normalized spacial score (nSPS) is 28.3. The van der Waals surface area contributed by atoms with Crippen LogP contribution in [0.2, 0.25) is 0 Å². The minimum Gasteiger partial charge on any atom is -0.464 e. The Morgan fingerprint density at radius 2 is 1.89 bits per heavy atom. The molecule has 2 atom stereocenters. The van der Waals surface area contributed by atoms with Crippen LogP contribution in [-0.4, -0.2) is 25.3 Å². The molecule has 2 aliphatic carbocycles. The standard InChI is InChI=1S/C16H26O3/c1-13-7-5-6-8-14(13)11-19-16(17)12-18-15-9-3-2-4-10-15/h5-6,13-15H,2-4,7-12H2,1H3/t13-,14+/m1/s1. The molecule has 3 heteroatoms. The lowest BCUT2D eigenvalue weighted by atomic mass is 9.85. The van der Waals surface area contributed by atoms with Gasteiger partial charge in [0.25, 0.3) is 0 Å². The van der Waals surface area contributed by atoms with Gasteiger partial charge in [-0.15, -0.1) is 0 Å². The van der Waals surface area contributed by atoms with Crippen LogP contribution >= 0.6 is 0 Å². The van der Waals surface area contributed by atoms with E-state index in [1.54, 1.807) is 0 Å². The van der Waals surface area contributed by atoms with Crippen molar-refractivity contribution in [3.05, 3.63) is 12.2 Å². The van der Waals surface area contributed by atoms with E-state index in [9.17, 15) is 4.79 Å². The number of esters is 1. The molecule has 3 nitrogen and oxygen atoms in total. The molecule has 1 saturated carbocycles. The lowest BCUT2D eigenvalue weighted by molar-refractivity contribution is -0.153. The van der Waals surface area contributed by atoms with Gasteiger partial charge in [0, 0.05) is 0 Å². The molecule has 2 aliphatic rings. The highest BCUT2D eigenvalue weighted by Crippen LogP contribution is 2.25. The summed E-state index contributed by atoms with van der Waals surface area (Å²) in [6.07, 6.45) is 12.8. The molecule has 0 heterocycles. The summed E-state index contributed by atoms with van der Waals surface area (Å²) in [6, 6.07) is 0. The molecular weight excluding hydrogens is 240 g/mol. The van der Waals surface area contributed by atoms with Crippen molar-refractivity contribution >= 4 is 5.97 Å². The van der Waals surface area contributed by atoms with Gasteiger partial charge in [-0.25, -0.2) is 4.79 Å². The Hall–Kier alpha value is -0.830. The molecule has 2 rings (SSSR count). The summed E-state index contributed by atoms with van der Waals surface area (Å²) in [5.74, 6) is 0.882. The SMILES string of the molecule is C[C@@H]1CC=CC[C@H]1COC(=O)COC1CCCCC1. The van der Waals surface area contributed by atoms with Crippen molar-refractivity contribution in [2.24, 2.45) is 11.8 Å². The average molecular weight is 266 g/mol. The Morgan fingerprint density at radius 3 is 2.63 bits per heavy atom. The summed E-state index contributed by atoms with van der Waals surface area (Å²) in [5, 5.41) is 0. The zero-order valence-electron chi connectivity index (χ0n) is 12.0. The third-order valence-corrected chi connectivity index (χ3v) is 4.37. The summed E-state index contributed by atoms with van der Waals surface area (Å²) in [5.41, 5.74) is 0. The van der Waals surface area contributed by atoms with Crippen molar-refractivity contribution in [1.29, 1.82) is 0 Å². The van der Waals surface area contributed by atoms with Gasteiger partial charge in [0.1, 0.15) is 6.61 Å². The summed E-state index contributed by atoms with van der Waals surface area (Å²) in [4.78, 5) is 11.7. The number of carbonyl (C=O) groups is 1. The molecule has 0 amide bonds. The first-order valence-electron chi connectivity index (χ1n) is 7.68. The van der Waals surface area contributed by atoms with Crippen molar-refractivity contribution in [2.45, 2.75) is 58.0 Å². The predicted molar refractivity (Wildman–Crippen MR) is 74.8 cm³/mol. The molecule has 0 N–H and O–H groups in total. The van der Waals surface area contributed by atoms with Crippen molar-refractivity contribution in [3.8, 4) is 0 Å². The minimum absolute atomic E-state index is 0.127. The van der Waals surface area contributed by atoms with E-state index in [1.807, 2.05) is 0 Å². The van der Waals surface area contributed by atoms with Gasteiger partial charge in [0.15, 0.2) is 0 Å². The molecule has 0 bridgehead atoms. The molecule has 0 saturated heterocycles. The molecule has 108 valence electrons. The van der Waals surface area contributed by atoms with Gasteiger partial charge in [0.05, 0.1) is 12.7 Å². The third kappa shape index (κ3) is 4.98. The monoisotopic (exact) mass is 266 g/mol. The first-order chi connectivity index (χ1) is 9.25. The fourth-order valence-corrected chi connectivity index (χ4v) is 2.90. The van der Waals surface area contributed by atoms with Crippen molar-refractivity contribution in [3.63, 3.8) is 0 Å². The first kappa shape index (κ1) is 14.6. The molecule has 0 spiro atoms. The van der Waals surface area contributed by atoms with E-state index in [1.165, 1.54) is 19.3 Å². The van der Waals surface area contributed by atoms with E-state index in [2.05, 4.69) is 19.1 Å². The van der Waals surface area contributed by atoms with Crippen LogP contribution in [0.25, 0.3) is 0 Å². The highest BCUT2D eigenvalue weighted by molar-refractivity contribution is 5.70. The van der Waals surface area contributed by atoms with Gasteiger partial charge in [-0.05, 0) is 37.5 Å². The second-order valence-corrected chi connectivity index (χ2v) is 5.93. The average Bonchev–Trinajstić information content (AvgIpc) is 2.45. The second-order valence-electron chi connectivity index (χ2n) is 5.93. The second kappa shape index (κ2) is 7.68. The van der Waals surface area contributed by atoms with E-state index in [0.29, 0.717) is 18.4 Å². The largest absolute Gasteiger partial charge is 0.464 e. The van der Waals surface area contributed by atoms with Crippen LogP contribution in [-0.2, 0) is 14.3 Å². The van der Waals surface area contributed by atoms with Crippen LogP contribution in [0.15, 0.2) is 12.2 Å². The van der Waals surface area contributed by atoms with Gasteiger partial charge < -0.3 is 9.47 Å². The van der Waals surface area contributed by atoms with E-state index in [0.717, 1.165) is 25.7 Å². The summed E-state index contributed by atoms with van der Waals surface area (Å²) in [7, 11) is 0. The Labute approximate surface area is 116 Å². The van der Waals surface area contributed by atoms with Crippen molar-refractivity contribution in [1.82, 2.24) is 0 Å². The molecular formula is C16H26O3. The lowest BCUT2D eigenvalue weighted by Crippen LogP contribution is -2.25. The van der Waals surface area contributed by atoms with Gasteiger partial charge >= 0.3 is 5.97 Å². The van der Waals surface area contributed by atoms with Crippen molar-refractivity contribution in [2.75, 3.05) is 13.2 Å². The van der Waals surface area contributed by atoms with E-state index >= 15 is 0 Å². The van der Waals surface area contributed by atoms with E-state index < -0.39 is 0 Å². The van der Waals surface area contributed by atoms with Crippen LogP contribution < -0.4 is 0 Å². The highest BCUT2D eigenvalue weighted by atomic mass is 16.6. The fourth-order valence-electron chi connectivity index (χ4n) is 2.90. The topological polar surface area (TPSA) is 35.5 Å². The lowest BCUT2D eigenvalue weighted by Gasteiger charge is -2.25. The van der Waals surface area contributed by atoms with Gasteiger partial charge in [-0.1, -0.05) is 38.3 Å². The fraction of sp³-hybridized carbons (Fsp3) is 0.812.